The minimum Gasteiger partial charge on any atom is -0.494 e. The molecule has 0 saturated carbocycles. The maximum atomic E-state index is 13.8. The van der Waals surface area contributed by atoms with Crippen molar-refractivity contribution in [3.8, 4) is 5.75 Å². The number of rotatable bonds is 8. The molecule has 0 spiro atoms. The molecule has 166 valence electrons. The maximum Gasteiger partial charge on any atom is 0.191 e. The summed E-state index contributed by atoms with van der Waals surface area (Å²) in [6, 6.07) is 8.61. The fraction of sp³-hybridized carbons (Fsp3) is 0.350. The minimum absolute atomic E-state index is 0. The third kappa shape index (κ3) is 8.42. The molecule has 2 N–H and O–H groups in total. The van der Waals surface area contributed by atoms with Gasteiger partial charge in [0.05, 0.1) is 19.4 Å². The number of halogens is 3. The lowest BCUT2D eigenvalue weighted by atomic mass is 10.1. The molecule has 2 aromatic rings. The number of nitrogens with zero attached hydrogens (tertiary/aromatic N) is 1. The van der Waals surface area contributed by atoms with Crippen molar-refractivity contribution in [3.05, 3.63) is 64.7 Å². The Balaban J connectivity index is 0.00000450. The van der Waals surface area contributed by atoms with Crippen LogP contribution in [0.5, 0.6) is 5.75 Å². The number of hydrogen-bond donors (Lipinski definition) is 2. The van der Waals surface area contributed by atoms with Crippen molar-refractivity contribution in [1.29, 1.82) is 0 Å². The van der Waals surface area contributed by atoms with Crippen molar-refractivity contribution in [3.63, 3.8) is 0 Å². The smallest absolute Gasteiger partial charge is 0.191 e. The molecule has 0 saturated heterocycles. The molecule has 10 heteroatoms. The molecule has 0 amide bonds. The van der Waals surface area contributed by atoms with Gasteiger partial charge in [-0.1, -0.05) is 12.1 Å². The molecular formula is C20H26F2IN3O3S. The van der Waals surface area contributed by atoms with Crippen LogP contribution in [0.4, 0.5) is 8.78 Å². The number of hydrogen-bond acceptors (Lipinski definition) is 4. The van der Waals surface area contributed by atoms with Crippen LogP contribution in [-0.2, 0) is 28.7 Å². The second kappa shape index (κ2) is 12.0. The summed E-state index contributed by atoms with van der Waals surface area (Å²) in [4.78, 5) is 4.40. The fourth-order valence-electron chi connectivity index (χ4n) is 2.68. The van der Waals surface area contributed by atoms with Gasteiger partial charge in [-0.2, -0.15) is 0 Å². The lowest BCUT2D eigenvalue weighted by Gasteiger charge is -2.14. The van der Waals surface area contributed by atoms with Gasteiger partial charge in [0.2, 0.25) is 0 Å². The predicted molar refractivity (Wildman–Crippen MR) is 125 cm³/mol. The minimum atomic E-state index is -3.26. The summed E-state index contributed by atoms with van der Waals surface area (Å²) in [5.41, 5.74) is 1.70. The number of nitrogens with one attached hydrogen (secondary N) is 2. The number of sulfone groups is 1. The van der Waals surface area contributed by atoms with Crippen LogP contribution in [0.1, 0.15) is 23.6 Å². The first kappa shape index (κ1) is 26.1. The Kier molecular flexibility index (Phi) is 10.5. The Morgan fingerprint density at radius 1 is 1.10 bits per heavy atom. The third-order valence-corrected chi connectivity index (χ3v) is 4.85. The second-order valence-electron chi connectivity index (χ2n) is 6.50. The Morgan fingerprint density at radius 2 is 1.83 bits per heavy atom. The van der Waals surface area contributed by atoms with Crippen LogP contribution in [0.2, 0.25) is 0 Å². The van der Waals surface area contributed by atoms with Crippen molar-refractivity contribution in [2.45, 2.75) is 25.8 Å². The molecule has 30 heavy (non-hydrogen) atoms. The molecule has 0 fully saturated rings. The molecular weight excluding hydrogens is 527 g/mol. The SMILES string of the molecule is CCNC(=NCc1ccc(OC)c(F)c1)NCc1cc(F)ccc1CS(C)(=O)=O.I. The van der Waals surface area contributed by atoms with Gasteiger partial charge in [0, 0.05) is 19.3 Å². The van der Waals surface area contributed by atoms with Gasteiger partial charge in [-0.25, -0.2) is 22.2 Å². The average molecular weight is 553 g/mol. The summed E-state index contributed by atoms with van der Waals surface area (Å²) in [5.74, 6) is -0.494. The highest BCUT2D eigenvalue weighted by Crippen LogP contribution is 2.18. The molecule has 0 unspecified atom stereocenters. The number of ether oxygens (including phenoxy) is 1. The van der Waals surface area contributed by atoms with Crippen LogP contribution in [-0.4, -0.2) is 34.3 Å². The van der Waals surface area contributed by atoms with E-state index in [9.17, 15) is 17.2 Å². The van der Waals surface area contributed by atoms with E-state index < -0.39 is 21.5 Å². The van der Waals surface area contributed by atoms with Gasteiger partial charge < -0.3 is 15.4 Å². The number of methoxy groups -OCH3 is 1. The van der Waals surface area contributed by atoms with Gasteiger partial charge in [-0.15, -0.1) is 24.0 Å². The summed E-state index contributed by atoms with van der Waals surface area (Å²) >= 11 is 0. The van der Waals surface area contributed by atoms with Crippen LogP contribution >= 0.6 is 24.0 Å². The van der Waals surface area contributed by atoms with Gasteiger partial charge in [0.15, 0.2) is 27.4 Å². The van der Waals surface area contributed by atoms with Crippen molar-refractivity contribution in [1.82, 2.24) is 10.6 Å². The predicted octanol–water partition coefficient (Wildman–Crippen LogP) is 3.39. The van der Waals surface area contributed by atoms with Crippen LogP contribution in [0.15, 0.2) is 41.4 Å². The number of benzene rings is 2. The third-order valence-electron chi connectivity index (χ3n) is 4.01. The molecule has 6 nitrogen and oxygen atoms in total. The van der Waals surface area contributed by atoms with Crippen molar-refractivity contribution in [2.24, 2.45) is 4.99 Å². The number of aliphatic imine (C=N–C) groups is 1. The molecule has 2 aromatic carbocycles. The second-order valence-corrected chi connectivity index (χ2v) is 8.64. The fourth-order valence-corrected chi connectivity index (χ4v) is 3.53. The van der Waals surface area contributed by atoms with Gasteiger partial charge in [-0.05, 0) is 47.9 Å². The highest BCUT2D eigenvalue weighted by molar-refractivity contribution is 14.0. The first-order valence-corrected chi connectivity index (χ1v) is 11.1. The summed E-state index contributed by atoms with van der Waals surface area (Å²) in [6.07, 6.45) is 1.13. The summed E-state index contributed by atoms with van der Waals surface area (Å²) < 4.78 is 55.6. The van der Waals surface area contributed by atoms with E-state index in [1.165, 1.54) is 37.4 Å². The first-order chi connectivity index (χ1) is 13.7. The van der Waals surface area contributed by atoms with Crippen molar-refractivity contribution < 1.29 is 21.9 Å². The molecule has 0 aromatic heterocycles. The monoisotopic (exact) mass is 553 g/mol. The Morgan fingerprint density at radius 3 is 2.43 bits per heavy atom. The lowest BCUT2D eigenvalue weighted by Crippen LogP contribution is -2.37. The largest absolute Gasteiger partial charge is 0.494 e. The average Bonchev–Trinajstić information content (AvgIpc) is 2.65. The first-order valence-electron chi connectivity index (χ1n) is 9.01. The van der Waals surface area contributed by atoms with E-state index in [0.717, 1.165) is 6.26 Å². The highest BCUT2D eigenvalue weighted by Gasteiger charge is 2.11. The van der Waals surface area contributed by atoms with E-state index in [2.05, 4.69) is 15.6 Å². The Hall–Kier alpha value is -1.95. The summed E-state index contributed by atoms with van der Waals surface area (Å²) in [6.45, 7) is 2.88. The molecule has 0 aliphatic heterocycles. The van der Waals surface area contributed by atoms with Crippen LogP contribution in [0, 0.1) is 11.6 Å². The molecule has 0 atom stereocenters. The summed E-state index contributed by atoms with van der Waals surface area (Å²) in [7, 11) is -1.86. The van der Waals surface area contributed by atoms with E-state index in [0.29, 0.717) is 29.2 Å². The van der Waals surface area contributed by atoms with Crippen LogP contribution in [0.25, 0.3) is 0 Å². The van der Waals surface area contributed by atoms with E-state index in [1.807, 2.05) is 6.92 Å². The van der Waals surface area contributed by atoms with Crippen molar-refractivity contribution in [2.75, 3.05) is 19.9 Å². The van der Waals surface area contributed by atoms with E-state index >= 15 is 0 Å². The van der Waals surface area contributed by atoms with Gasteiger partial charge in [-0.3, -0.25) is 0 Å². The van der Waals surface area contributed by atoms with Gasteiger partial charge in [0.25, 0.3) is 0 Å². The number of guanidine groups is 1. The Bertz CT molecular complexity index is 985. The quantitative estimate of drug-likeness (QED) is 0.298. The van der Waals surface area contributed by atoms with E-state index in [1.54, 1.807) is 6.07 Å². The molecule has 0 bridgehead atoms. The molecule has 0 aliphatic carbocycles. The molecule has 2 rings (SSSR count). The summed E-state index contributed by atoms with van der Waals surface area (Å²) in [5, 5.41) is 6.11. The zero-order valence-corrected chi connectivity index (χ0v) is 20.2. The maximum absolute atomic E-state index is 13.8. The van der Waals surface area contributed by atoms with Crippen LogP contribution in [0.3, 0.4) is 0 Å². The topological polar surface area (TPSA) is 79.8 Å². The van der Waals surface area contributed by atoms with Crippen LogP contribution < -0.4 is 15.4 Å². The van der Waals surface area contributed by atoms with Gasteiger partial charge in [0.1, 0.15) is 5.82 Å². The molecule has 0 radical (unpaired) electrons. The normalized spacial score (nSPS) is 11.6. The molecule has 0 heterocycles. The van der Waals surface area contributed by atoms with E-state index in [-0.39, 0.29) is 48.6 Å². The standard InChI is InChI=1S/C20H25F2N3O3S.HI/c1-4-23-20(24-11-14-5-8-19(28-2)18(22)9-14)25-12-16-10-17(21)7-6-15(16)13-29(3,26)27;/h5-10H,4,11-13H2,1-3H3,(H2,23,24,25);1H. The Labute approximate surface area is 193 Å². The highest BCUT2D eigenvalue weighted by atomic mass is 127. The molecule has 0 aliphatic rings. The van der Waals surface area contributed by atoms with Gasteiger partial charge >= 0.3 is 0 Å². The van der Waals surface area contributed by atoms with E-state index in [4.69, 9.17) is 4.74 Å². The van der Waals surface area contributed by atoms with Crippen molar-refractivity contribution >= 4 is 39.8 Å². The zero-order valence-electron chi connectivity index (χ0n) is 17.0. The zero-order chi connectivity index (χ0) is 21.4. The lowest BCUT2D eigenvalue weighted by molar-refractivity contribution is 0.386.